The Morgan fingerprint density at radius 1 is 1.24 bits per heavy atom. The van der Waals surface area contributed by atoms with Crippen molar-refractivity contribution in [1.29, 1.82) is 0 Å². The summed E-state index contributed by atoms with van der Waals surface area (Å²) in [4.78, 5) is 0. The Morgan fingerprint density at radius 3 is 2.71 bits per heavy atom. The maximum absolute atomic E-state index is 12.6. The quantitative estimate of drug-likeness (QED) is 0.739. The van der Waals surface area contributed by atoms with E-state index in [0.29, 0.717) is 25.0 Å². The molecule has 0 aromatic heterocycles. The van der Waals surface area contributed by atoms with Crippen molar-refractivity contribution in [2.24, 2.45) is 5.92 Å². The first-order chi connectivity index (χ1) is 9.99. The van der Waals surface area contributed by atoms with E-state index in [-0.39, 0.29) is 6.04 Å². The molecule has 124 valence electrons. The largest absolute Gasteiger partial charge is 0.313 e. The third-order valence-corrected chi connectivity index (χ3v) is 7.08. The zero-order chi connectivity index (χ0) is 15.3. The van der Waals surface area contributed by atoms with Crippen molar-refractivity contribution in [2.75, 3.05) is 31.1 Å². The summed E-state index contributed by atoms with van der Waals surface area (Å²) in [6.07, 6.45) is 4.18. The van der Waals surface area contributed by atoms with Crippen molar-refractivity contribution in [1.82, 2.24) is 14.3 Å². The summed E-state index contributed by atoms with van der Waals surface area (Å²) in [7, 11) is -3.33. The van der Waals surface area contributed by atoms with E-state index in [2.05, 4.69) is 23.9 Å². The van der Waals surface area contributed by atoms with Crippen LogP contribution in [0.4, 0.5) is 0 Å². The van der Waals surface area contributed by atoms with Gasteiger partial charge in [0.2, 0.25) is 0 Å². The monoisotopic (exact) mass is 335 g/mol. The van der Waals surface area contributed by atoms with E-state index in [4.69, 9.17) is 0 Å². The van der Waals surface area contributed by atoms with Gasteiger partial charge in [0.15, 0.2) is 0 Å². The first-order valence-electron chi connectivity index (χ1n) is 8.06. The van der Waals surface area contributed by atoms with E-state index in [1.54, 1.807) is 4.31 Å². The Kier molecular flexibility index (Phi) is 6.80. The van der Waals surface area contributed by atoms with Gasteiger partial charge >= 0.3 is 0 Å². The van der Waals surface area contributed by atoms with Crippen LogP contribution in [0.5, 0.6) is 0 Å². The SMILES string of the molecule is CC(C)NCC1CCCCN1S(=O)(=O)NCC1CCSC1. The lowest BCUT2D eigenvalue weighted by molar-refractivity contribution is 0.239. The normalized spacial score (nSPS) is 28.3. The smallest absolute Gasteiger partial charge is 0.279 e. The molecule has 2 rings (SSSR count). The van der Waals surface area contributed by atoms with Gasteiger partial charge in [0.05, 0.1) is 0 Å². The molecule has 0 amide bonds. The minimum Gasteiger partial charge on any atom is -0.313 e. The fourth-order valence-corrected chi connectivity index (χ4v) is 5.76. The van der Waals surface area contributed by atoms with Crippen LogP contribution in [0.1, 0.15) is 39.5 Å². The molecule has 0 saturated carbocycles. The summed E-state index contributed by atoms with van der Waals surface area (Å²) in [6.45, 7) is 6.18. The highest BCUT2D eigenvalue weighted by Crippen LogP contribution is 2.24. The van der Waals surface area contributed by atoms with Crippen molar-refractivity contribution < 1.29 is 8.42 Å². The molecular formula is C14H29N3O2S2. The van der Waals surface area contributed by atoms with Crippen molar-refractivity contribution >= 4 is 22.0 Å². The lowest BCUT2D eigenvalue weighted by atomic mass is 10.0. The van der Waals surface area contributed by atoms with E-state index < -0.39 is 10.2 Å². The van der Waals surface area contributed by atoms with Crippen LogP contribution < -0.4 is 10.0 Å². The van der Waals surface area contributed by atoms with Crippen molar-refractivity contribution in [2.45, 2.75) is 51.6 Å². The van der Waals surface area contributed by atoms with Crippen LogP contribution in [0, 0.1) is 5.92 Å². The van der Waals surface area contributed by atoms with E-state index in [1.807, 2.05) is 11.8 Å². The Balaban J connectivity index is 1.90. The summed E-state index contributed by atoms with van der Waals surface area (Å²) in [5.41, 5.74) is 0. The van der Waals surface area contributed by atoms with Gasteiger partial charge in [0, 0.05) is 31.7 Å². The molecule has 7 heteroatoms. The number of hydrogen-bond donors (Lipinski definition) is 2. The molecule has 2 fully saturated rings. The molecule has 21 heavy (non-hydrogen) atoms. The first kappa shape index (κ1) is 17.5. The summed E-state index contributed by atoms with van der Waals surface area (Å²) in [5, 5.41) is 3.38. The number of nitrogens with one attached hydrogen (secondary N) is 2. The molecular weight excluding hydrogens is 306 g/mol. The van der Waals surface area contributed by atoms with Gasteiger partial charge in [0.25, 0.3) is 10.2 Å². The highest BCUT2D eigenvalue weighted by Gasteiger charge is 2.32. The minimum absolute atomic E-state index is 0.0941. The topological polar surface area (TPSA) is 61.4 Å². The van der Waals surface area contributed by atoms with Gasteiger partial charge in [-0.25, -0.2) is 4.72 Å². The van der Waals surface area contributed by atoms with Gasteiger partial charge in [-0.3, -0.25) is 0 Å². The first-order valence-corrected chi connectivity index (χ1v) is 10.7. The molecule has 0 radical (unpaired) electrons. The molecule has 2 N–H and O–H groups in total. The summed E-state index contributed by atoms with van der Waals surface area (Å²) in [5.74, 6) is 2.75. The zero-order valence-electron chi connectivity index (χ0n) is 13.2. The molecule has 2 unspecified atom stereocenters. The number of piperidine rings is 1. The molecule has 2 aliphatic rings. The predicted molar refractivity (Wildman–Crippen MR) is 89.8 cm³/mol. The predicted octanol–water partition coefficient (Wildman–Crippen LogP) is 1.43. The minimum atomic E-state index is -3.33. The number of nitrogens with zero attached hydrogens (tertiary/aromatic N) is 1. The second-order valence-corrected chi connectivity index (χ2v) is 9.26. The van der Waals surface area contributed by atoms with Crippen LogP contribution in [-0.4, -0.2) is 55.9 Å². The van der Waals surface area contributed by atoms with Crippen LogP contribution in [-0.2, 0) is 10.2 Å². The second-order valence-electron chi connectivity index (χ2n) is 6.41. The fourth-order valence-electron chi connectivity index (χ4n) is 2.92. The summed E-state index contributed by atoms with van der Waals surface area (Å²) >= 11 is 1.92. The maximum atomic E-state index is 12.6. The number of thioether (sulfide) groups is 1. The van der Waals surface area contributed by atoms with Gasteiger partial charge < -0.3 is 5.32 Å². The lowest BCUT2D eigenvalue weighted by Crippen LogP contribution is -2.53. The Morgan fingerprint density at radius 2 is 2.05 bits per heavy atom. The van der Waals surface area contributed by atoms with E-state index in [9.17, 15) is 8.42 Å². The van der Waals surface area contributed by atoms with E-state index in [1.165, 1.54) is 0 Å². The lowest BCUT2D eigenvalue weighted by Gasteiger charge is -2.35. The standard InChI is InChI=1S/C14H29N3O2S2/c1-12(2)15-10-14-5-3-4-7-17(14)21(18,19)16-9-13-6-8-20-11-13/h12-16H,3-11H2,1-2H3. The van der Waals surface area contributed by atoms with Crippen LogP contribution >= 0.6 is 11.8 Å². The van der Waals surface area contributed by atoms with Gasteiger partial charge in [-0.1, -0.05) is 20.3 Å². The highest BCUT2D eigenvalue weighted by molar-refractivity contribution is 7.99. The average molecular weight is 336 g/mol. The molecule has 2 heterocycles. The molecule has 5 nitrogen and oxygen atoms in total. The Hall–Kier alpha value is 0.180. The molecule has 0 aliphatic carbocycles. The van der Waals surface area contributed by atoms with E-state index in [0.717, 1.165) is 43.7 Å². The molecule has 2 aliphatic heterocycles. The Labute approximate surface area is 133 Å². The maximum Gasteiger partial charge on any atom is 0.279 e. The molecule has 0 aromatic carbocycles. The second kappa shape index (κ2) is 8.15. The zero-order valence-corrected chi connectivity index (χ0v) is 14.8. The molecule has 0 spiro atoms. The third kappa shape index (κ3) is 5.39. The molecule has 2 atom stereocenters. The van der Waals surface area contributed by atoms with Crippen molar-refractivity contribution in [3.8, 4) is 0 Å². The molecule has 2 saturated heterocycles. The van der Waals surface area contributed by atoms with Crippen molar-refractivity contribution in [3.05, 3.63) is 0 Å². The van der Waals surface area contributed by atoms with Gasteiger partial charge in [0.1, 0.15) is 0 Å². The van der Waals surface area contributed by atoms with Crippen molar-refractivity contribution in [3.63, 3.8) is 0 Å². The highest BCUT2D eigenvalue weighted by atomic mass is 32.2. The van der Waals surface area contributed by atoms with E-state index >= 15 is 0 Å². The third-order valence-electron chi connectivity index (χ3n) is 4.22. The molecule has 0 bridgehead atoms. The van der Waals surface area contributed by atoms with Crippen LogP contribution in [0.2, 0.25) is 0 Å². The van der Waals surface area contributed by atoms with Gasteiger partial charge in [-0.15, -0.1) is 0 Å². The number of rotatable bonds is 7. The van der Waals surface area contributed by atoms with Crippen LogP contribution in [0.25, 0.3) is 0 Å². The molecule has 0 aromatic rings. The number of hydrogen-bond acceptors (Lipinski definition) is 4. The summed E-state index contributed by atoms with van der Waals surface area (Å²) in [6, 6.07) is 0.483. The van der Waals surface area contributed by atoms with Crippen LogP contribution in [0.3, 0.4) is 0 Å². The fraction of sp³-hybridized carbons (Fsp3) is 1.00. The van der Waals surface area contributed by atoms with Crippen LogP contribution in [0.15, 0.2) is 0 Å². The van der Waals surface area contributed by atoms with Gasteiger partial charge in [-0.2, -0.15) is 24.5 Å². The summed E-state index contributed by atoms with van der Waals surface area (Å²) < 4.78 is 29.7. The van der Waals surface area contributed by atoms with Gasteiger partial charge in [-0.05, 0) is 36.7 Å². The average Bonchev–Trinajstić information content (AvgIpc) is 2.97. The Bertz CT molecular complexity index is 408.